The molecule has 100 valence electrons. The molecule has 0 aliphatic rings. The zero-order valence-corrected chi connectivity index (χ0v) is 11.5. The molecule has 1 unspecified atom stereocenters. The van der Waals surface area contributed by atoms with Crippen molar-refractivity contribution in [3.05, 3.63) is 61.8 Å². The van der Waals surface area contributed by atoms with E-state index in [0.717, 1.165) is 12.0 Å². The second-order valence-electron chi connectivity index (χ2n) is 4.40. The molecule has 1 atom stereocenters. The molecule has 1 heterocycles. The van der Waals surface area contributed by atoms with Crippen molar-refractivity contribution < 1.29 is 4.92 Å². The van der Waals surface area contributed by atoms with Gasteiger partial charge in [-0.05, 0) is 35.4 Å². The predicted octanol–water partition coefficient (Wildman–Crippen LogP) is 3.46. The van der Waals surface area contributed by atoms with Crippen LogP contribution in [0.3, 0.4) is 0 Å². The summed E-state index contributed by atoms with van der Waals surface area (Å²) in [6.45, 7) is 2.12. The summed E-state index contributed by atoms with van der Waals surface area (Å²) in [6, 6.07) is 8.66. The first-order valence-electron chi connectivity index (χ1n) is 6.17. The average molecular weight is 276 g/mol. The lowest BCUT2D eigenvalue weighted by Crippen LogP contribution is -2.13. The Morgan fingerprint density at radius 3 is 2.58 bits per heavy atom. The summed E-state index contributed by atoms with van der Waals surface area (Å²) in [5.41, 5.74) is 8.65. The van der Waals surface area contributed by atoms with Gasteiger partial charge < -0.3 is 5.73 Å². The highest BCUT2D eigenvalue weighted by Crippen LogP contribution is 2.26. The van der Waals surface area contributed by atoms with E-state index in [-0.39, 0.29) is 11.7 Å². The van der Waals surface area contributed by atoms with Gasteiger partial charge in [0.25, 0.3) is 5.69 Å². The first-order valence-corrected chi connectivity index (χ1v) is 7.05. The molecule has 0 bridgehead atoms. The van der Waals surface area contributed by atoms with Gasteiger partial charge in [-0.25, -0.2) is 0 Å². The molecule has 2 N–H and O–H groups in total. The lowest BCUT2D eigenvalue weighted by Gasteiger charge is -2.12. The second kappa shape index (κ2) is 5.95. The van der Waals surface area contributed by atoms with Gasteiger partial charge in [0.2, 0.25) is 0 Å². The van der Waals surface area contributed by atoms with Crippen molar-refractivity contribution in [2.24, 2.45) is 5.73 Å². The lowest BCUT2D eigenvalue weighted by atomic mass is 10.0. The molecule has 0 aliphatic carbocycles. The molecular weight excluding hydrogens is 260 g/mol. The highest BCUT2D eigenvalue weighted by Gasteiger charge is 2.13. The SMILES string of the molecule is CCc1ccsc1C(N)Cc1ccc([N+](=O)[O-])cc1. The van der Waals surface area contributed by atoms with Crippen molar-refractivity contribution in [3.8, 4) is 0 Å². The van der Waals surface area contributed by atoms with E-state index in [1.54, 1.807) is 23.5 Å². The Morgan fingerprint density at radius 2 is 2.00 bits per heavy atom. The molecule has 0 saturated carbocycles. The molecule has 2 aromatic rings. The molecule has 1 aromatic heterocycles. The van der Waals surface area contributed by atoms with Crippen LogP contribution in [-0.2, 0) is 12.8 Å². The van der Waals surface area contributed by atoms with Crippen molar-refractivity contribution in [1.29, 1.82) is 0 Å². The fraction of sp³-hybridized carbons (Fsp3) is 0.286. The van der Waals surface area contributed by atoms with Crippen LogP contribution in [0, 0.1) is 10.1 Å². The summed E-state index contributed by atoms with van der Waals surface area (Å²) >= 11 is 1.68. The lowest BCUT2D eigenvalue weighted by molar-refractivity contribution is -0.384. The standard InChI is InChI=1S/C14H16N2O2S/c1-2-11-7-8-19-14(11)13(15)9-10-3-5-12(6-4-10)16(17)18/h3-8,13H,2,9,15H2,1H3. The largest absolute Gasteiger partial charge is 0.323 e. The highest BCUT2D eigenvalue weighted by atomic mass is 32.1. The zero-order valence-electron chi connectivity index (χ0n) is 10.7. The zero-order chi connectivity index (χ0) is 13.8. The molecule has 1 aromatic carbocycles. The molecule has 4 nitrogen and oxygen atoms in total. The minimum absolute atomic E-state index is 0.0450. The van der Waals surface area contributed by atoms with Crippen molar-refractivity contribution in [3.63, 3.8) is 0 Å². The van der Waals surface area contributed by atoms with Crippen LogP contribution in [0.25, 0.3) is 0 Å². The minimum Gasteiger partial charge on any atom is -0.323 e. The Bertz CT molecular complexity index is 563. The van der Waals surface area contributed by atoms with Gasteiger partial charge in [0.15, 0.2) is 0 Å². The van der Waals surface area contributed by atoms with Gasteiger partial charge in [-0.2, -0.15) is 0 Å². The van der Waals surface area contributed by atoms with E-state index < -0.39 is 4.92 Å². The maximum atomic E-state index is 10.6. The third-order valence-electron chi connectivity index (χ3n) is 3.10. The van der Waals surface area contributed by atoms with Crippen molar-refractivity contribution >= 4 is 17.0 Å². The van der Waals surface area contributed by atoms with Gasteiger partial charge >= 0.3 is 0 Å². The summed E-state index contributed by atoms with van der Waals surface area (Å²) in [4.78, 5) is 11.4. The van der Waals surface area contributed by atoms with Crippen LogP contribution in [0.1, 0.15) is 29.0 Å². The maximum absolute atomic E-state index is 10.6. The fourth-order valence-corrected chi connectivity index (χ4v) is 3.07. The summed E-state index contributed by atoms with van der Waals surface area (Å²) in [5, 5.41) is 12.6. The van der Waals surface area contributed by atoms with E-state index in [1.165, 1.54) is 22.6 Å². The van der Waals surface area contributed by atoms with Crippen LogP contribution in [0.4, 0.5) is 5.69 Å². The second-order valence-corrected chi connectivity index (χ2v) is 5.35. The smallest absolute Gasteiger partial charge is 0.269 e. The topological polar surface area (TPSA) is 69.2 Å². The number of benzene rings is 1. The number of nitrogens with two attached hydrogens (primary N) is 1. The Balaban J connectivity index is 2.10. The quantitative estimate of drug-likeness (QED) is 0.671. The van der Waals surface area contributed by atoms with E-state index in [0.29, 0.717) is 6.42 Å². The molecule has 5 heteroatoms. The minimum atomic E-state index is -0.391. The molecular formula is C14H16N2O2S. The number of nitro groups is 1. The van der Waals surface area contributed by atoms with Crippen molar-refractivity contribution in [1.82, 2.24) is 0 Å². The van der Waals surface area contributed by atoms with Gasteiger partial charge in [-0.1, -0.05) is 19.1 Å². The number of hydrogen-bond acceptors (Lipinski definition) is 4. The van der Waals surface area contributed by atoms with E-state index in [9.17, 15) is 10.1 Å². The van der Waals surface area contributed by atoms with Crippen molar-refractivity contribution in [2.45, 2.75) is 25.8 Å². The van der Waals surface area contributed by atoms with Crippen LogP contribution in [0.5, 0.6) is 0 Å². The van der Waals surface area contributed by atoms with E-state index in [4.69, 9.17) is 5.73 Å². The van der Waals surface area contributed by atoms with Crippen LogP contribution < -0.4 is 5.73 Å². The van der Waals surface area contributed by atoms with Crippen LogP contribution in [0.2, 0.25) is 0 Å². The highest BCUT2D eigenvalue weighted by molar-refractivity contribution is 7.10. The van der Waals surface area contributed by atoms with E-state index in [2.05, 4.69) is 18.4 Å². The third kappa shape index (κ3) is 3.19. The van der Waals surface area contributed by atoms with Gasteiger partial charge in [0.05, 0.1) is 4.92 Å². The molecule has 0 aliphatic heterocycles. The van der Waals surface area contributed by atoms with Gasteiger partial charge in [-0.3, -0.25) is 10.1 Å². The maximum Gasteiger partial charge on any atom is 0.269 e. The van der Waals surface area contributed by atoms with E-state index >= 15 is 0 Å². The summed E-state index contributed by atoms with van der Waals surface area (Å²) in [6.07, 6.45) is 1.68. The number of thiophene rings is 1. The molecule has 0 amide bonds. The molecule has 2 rings (SSSR count). The summed E-state index contributed by atoms with van der Waals surface area (Å²) in [7, 11) is 0. The number of aryl methyl sites for hydroxylation is 1. The monoisotopic (exact) mass is 276 g/mol. The molecule has 0 saturated heterocycles. The van der Waals surface area contributed by atoms with Gasteiger partial charge in [0, 0.05) is 23.1 Å². The van der Waals surface area contributed by atoms with Crippen LogP contribution >= 0.6 is 11.3 Å². The first-order chi connectivity index (χ1) is 9.11. The number of nitro benzene ring substituents is 1. The predicted molar refractivity (Wildman–Crippen MR) is 77.4 cm³/mol. The first kappa shape index (κ1) is 13.7. The summed E-state index contributed by atoms with van der Waals surface area (Å²) in [5.74, 6) is 0. The molecule has 19 heavy (non-hydrogen) atoms. The number of nitrogens with zero attached hydrogens (tertiary/aromatic N) is 1. The Morgan fingerprint density at radius 1 is 1.32 bits per heavy atom. The number of non-ortho nitro benzene ring substituents is 1. The van der Waals surface area contributed by atoms with Gasteiger partial charge in [-0.15, -0.1) is 11.3 Å². The average Bonchev–Trinajstić information content (AvgIpc) is 2.87. The number of rotatable bonds is 5. The fourth-order valence-electron chi connectivity index (χ4n) is 2.07. The molecule has 0 spiro atoms. The third-order valence-corrected chi connectivity index (χ3v) is 4.19. The van der Waals surface area contributed by atoms with E-state index in [1.807, 2.05) is 0 Å². The van der Waals surface area contributed by atoms with Crippen LogP contribution in [-0.4, -0.2) is 4.92 Å². The van der Waals surface area contributed by atoms with Gasteiger partial charge in [0.1, 0.15) is 0 Å². The summed E-state index contributed by atoms with van der Waals surface area (Å²) < 4.78 is 0. The Labute approximate surface area is 116 Å². The Hall–Kier alpha value is -1.72. The van der Waals surface area contributed by atoms with Crippen molar-refractivity contribution in [2.75, 3.05) is 0 Å². The Kier molecular flexibility index (Phi) is 4.29. The van der Waals surface area contributed by atoms with Crippen LogP contribution in [0.15, 0.2) is 35.7 Å². The normalized spacial score (nSPS) is 12.3. The molecule has 0 radical (unpaired) electrons. The number of hydrogen-bond donors (Lipinski definition) is 1. The molecule has 0 fully saturated rings.